The SMILES string of the molecule is CC(O)CCNC(C)C(C)c1ccccc1. The van der Waals surface area contributed by atoms with Crippen molar-refractivity contribution in [2.45, 2.75) is 45.3 Å². The fourth-order valence-electron chi connectivity index (χ4n) is 1.74. The molecule has 1 aromatic rings. The molecule has 0 fully saturated rings. The number of aliphatic hydroxyl groups is 1. The van der Waals surface area contributed by atoms with Crippen LogP contribution in [0.25, 0.3) is 0 Å². The zero-order chi connectivity index (χ0) is 12.0. The first-order valence-corrected chi connectivity index (χ1v) is 6.07. The van der Waals surface area contributed by atoms with Crippen LogP contribution in [-0.2, 0) is 0 Å². The lowest BCUT2D eigenvalue weighted by Gasteiger charge is -2.22. The molecular weight excluding hydrogens is 198 g/mol. The Kier molecular flexibility index (Phi) is 5.50. The van der Waals surface area contributed by atoms with Gasteiger partial charge in [0, 0.05) is 6.04 Å². The molecule has 0 spiro atoms. The standard InChI is InChI=1S/C14H23NO/c1-11(16)9-10-15-13(3)12(2)14-7-5-4-6-8-14/h4-8,11-13,15-16H,9-10H2,1-3H3. The van der Waals surface area contributed by atoms with Gasteiger partial charge in [-0.2, -0.15) is 0 Å². The number of aliphatic hydroxyl groups excluding tert-OH is 1. The molecule has 3 atom stereocenters. The Labute approximate surface area is 98.7 Å². The van der Waals surface area contributed by atoms with E-state index in [1.54, 1.807) is 0 Å². The van der Waals surface area contributed by atoms with Crippen molar-refractivity contribution >= 4 is 0 Å². The molecule has 2 N–H and O–H groups in total. The summed E-state index contributed by atoms with van der Waals surface area (Å²) in [5.41, 5.74) is 1.36. The minimum absolute atomic E-state index is 0.216. The molecule has 0 saturated carbocycles. The molecule has 2 heteroatoms. The van der Waals surface area contributed by atoms with Gasteiger partial charge in [0.1, 0.15) is 0 Å². The summed E-state index contributed by atoms with van der Waals surface area (Å²) in [5.74, 6) is 0.496. The van der Waals surface area contributed by atoms with E-state index in [0.29, 0.717) is 12.0 Å². The quantitative estimate of drug-likeness (QED) is 0.773. The van der Waals surface area contributed by atoms with E-state index in [9.17, 15) is 5.11 Å². The fraction of sp³-hybridized carbons (Fsp3) is 0.571. The molecule has 0 heterocycles. The second-order valence-corrected chi connectivity index (χ2v) is 4.58. The van der Waals surface area contributed by atoms with Crippen molar-refractivity contribution in [2.75, 3.05) is 6.54 Å². The normalized spacial score (nSPS) is 16.8. The topological polar surface area (TPSA) is 32.3 Å². The number of benzene rings is 1. The van der Waals surface area contributed by atoms with Gasteiger partial charge in [-0.15, -0.1) is 0 Å². The zero-order valence-corrected chi connectivity index (χ0v) is 10.5. The van der Waals surface area contributed by atoms with E-state index in [4.69, 9.17) is 0 Å². The van der Waals surface area contributed by atoms with Crippen molar-refractivity contribution in [3.05, 3.63) is 35.9 Å². The molecule has 1 aromatic carbocycles. The summed E-state index contributed by atoms with van der Waals surface area (Å²) in [4.78, 5) is 0. The molecular formula is C14H23NO. The highest BCUT2D eigenvalue weighted by atomic mass is 16.3. The second-order valence-electron chi connectivity index (χ2n) is 4.58. The highest BCUT2D eigenvalue weighted by molar-refractivity contribution is 5.20. The first kappa shape index (κ1) is 13.2. The third-order valence-corrected chi connectivity index (χ3v) is 3.10. The van der Waals surface area contributed by atoms with Crippen LogP contribution in [-0.4, -0.2) is 23.8 Å². The monoisotopic (exact) mass is 221 g/mol. The maximum absolute atomic E-state index is 9.18. The Morgan fingerprint density at radius 1 is 1.12 bits per heavy atom. The van der Waals surface area contributed by atoms with Crippen LogP contribution in [0.2, 0.25) is 0 Å². The van der Waals surface area contributed by atoms with Gasteiger partial charge < -0.3 is 10.4 Å². The molecule has 0 amide bonds. The number of nitrogens with one attached hydrogen (secondary N) is 1. The average Bonchev–Trinajstić information content (AvgIpc) is 2.28. The van der Waals surface area contributed by atoms with Crippen LogP contribution < -0.4 is 5.32 Å². The second kappa shape index (κ2) is 6.66. The minimum Gasteiger partial charge on any atom is -0.393 e. The molecule has 2 nitrogen and oxygen atoms in total. The summed E-state index contributed by atoms with van der Waals surface area (Å²) in [7, 11) is 0. The van der Waals surface area contributed by atoms with Crippen LogP contribution in [0.3, 0.4) is 0 Å². The smallest absolute Gasteiger partial charge is 0.0524 e. The van der Waals surface area contributed by atoms with E-state index in [-0.39, 0.29) is 6.10 Å². The zero-order valence-electron chi connectivity index (χ0n) is 10.5. The van der Waals surface area contributed by atoms with E-state index in [1.165, 1.54) is 5.56 Å². The first-order valence-electron chi connectivity index (χ1n) is 6.07. The van der Waals surface area contributed by atoms with Crippen molar-refractivity contribution in [3.8, 4) is 0 Å². The van der Waals surface area contributed by atoms with E-state index >= 15 is 0 Å². The molecule has 3 unspecified atom stereocenters. The van der Waals surface area contributed by atoms with Gasteiger partial charge in [-0.1, -0.05) is 37.3 Å². The molecule has 0 saturated heterocycles. The Hall–Kier alpha value is -0.860. The van der Waals surface area contributed by atoms with Gasteiger partial charge in [0.2, 0.25) is 0 Å². The number of hydrogen-bond acceptors (Lipinski definition) is 2. The predicted octanol–water partition coefficient (Wildman–Crippen LogP) is 2.54. The molecule has 0 aromatic heterocycles. The number of rotatable bonds is 6. The summed E-state index contributed by atoms with van der Waals surface area (Å²) in [6.45, 7) is 7.12. The van der Waals surface area contributed by atoms with Crippen LogP contribution in [0.15, 0.2) is 30.3 Å². The summed E-state index contributed by atoms with van der Waals surface area (Å²) in [6, 6.07) is 11.0. The van der Waals surface area contributed by atoms with E-state index in [2.05, 4.69) is 43.4 Å². The molecule has 0 aliphatic carbocycles. The number of hydrogen-bond donors (Lipinski definition) is 2. The van der Waals surface area contributed by atoms with Gasteiger partial charge in [0.05, 0.1) is 6.10 Å². The predicted molar refractivity (Wildman–Crippen MR) is 68.6 cm³/mol. The largest absolute Gasteiger partial charge is 0.393 e. The lowest BCUT2D eigenvalue weighted by atomic mass is 9.94. The lowest BCUT2D eigenvalue weighted by molar-refractivity contribution is 0.182. The Morgan fingerprint density at radius 3 is 2.31 bits per heavy atom. The van der Waals surface area contributed by atoms with E-state index in [0.717, 1.165) is 13.0 Å². The highest BCUT2D eigenvalue weighted by Gasteiger charge is 2.13. The highest BCUT2D eigenvalue weighted by Crippen LogP contribution is 2.18. The molecule has 16 heavy (non-hydrogen) atoms. The van der Waals surface area contributed by atoms with Crippen molar-refractivity contribution in [1.82, 2.24) is 5.32 Å². The van der Waals surface area contributed by atoms with Crippen molar-refractivity contribution in [3.63, 3.8) is 0 Å². The fourth-order valence-corrected chi connectivity index (χ4v) is 1.74. The summed E-state index contributed by atoms with van der Waals surface area (Å²) < 4.78 is 0. The molecule has 90 valence electrons. The van der Waals surface area contributed by atoms with Crippen molar-refractivity contribution < 1.29 is 5.11 Å². The van der Waals surface area contributed by atoms with Gasteiger partial charge in [0.15, 0.2) is 0 Å². The molecule has 0 aliphatic rings. The van der Waals surface area contributed by atoms with Crippen LogP contribution in [0.1, 0.15) is 38.7 Å². The van der Waals surface area contributed by atoms with E-state index < -0.39 is 0 Å². The van der Waals surface area contributed by atoms with E-state index in [1.807, 2.05) is 13.0 Å². The van der Waals surface area contributed by atoms with Crippen LogP contribution in [0.5, 0.6) is 0 Å². The average molecular weight is 221 g/mol. The molecule has 0 aliphatic heterocycles. The Balaban J connectivity index is 2.39. The van der Waals surface area contributed by atoms with Crippen LogP contribution in [0, 0.1) is 0 Å². The van der Waals surface area contributed by atoms with Gasteiger partial charge in [-0.25, -0.2) is 0 Å². The Morgan fingerprint density at radius 2 is 1.75 bits per heavy atom. The summed E-state index contributed by atoms with van der Waals surface area (Å²) in [6.07, 6.45) is 0.595. The third-order valence-electron chi connectivity index (χ3n) is 3.10. The molecule has 0 bridgehead atoms. The van der Waals surface area contributed by atoms with Gasteiger partial charge in [-0.05, 0) is 38.3 Å². The van der Waals surface area contributed by atoms with Gasteiger partial charge >= 0.3 is 0 Å². The molecule has 0 radical (unpaired) electrons. The lowest BCUT2D eigenvalue weighted by Crippen LogP contribution is -2.32. The summed E-state index contributed by atoms with van der Waals surface area (Å²) in [5, 5.41) is 12.6. The Bertz CT molecular complexity index is 284. The van der Waals surface area contributed by atoms with Gasteiger partial charge in [0.25, 0.3) is 0 Å². The minimum atomic E-state index is -0.216. The molecule has 1 rings (SSSR count). The van der Waals surface area contributed by atoms with Crippen molar-refractivity contribution in [2.24, 2.45) is 0 Å². The third kappa shape index (κ3) is 4.33. The van der Waals surface area contributed by atoms with Crippen molar-refractivity contribution in [1.29, 1.82) is 0 Å². The maximum Gasteiger partial charge on any atom is 0.0524 e. The van der Waals surface area contributed by atoms with Crippen LogP contribution in [0.4, 0.5) is 0 Å². The van der Waals surface area contributed by atoms with Gasteiger partial charge in [-0.3, -0.25) is 0 Å². The van der Waals surface area contributed by atoms with Crippen LogP contribution >= 0.6 is 0 Å². The first-order chi connectivity index (χ1) is 7.61. The summed E-state index contributed by atoms with van der Waals surface area (Å²) >= 11 is 0. The maximum atomic E-state index is 9.18.